The molecule has 0 bridgehead atoms. The third-order valence-electron chi connectivity index (χ3n) is 1.71. The molecule has 0 saturated carbocycles. The molecule has 0 atom stereocenters. The van der Waals surface area contributed by atoms with E-state index in [-0.39, 0.29) is 0 Å². The maximum absolute atomic E-state index is 8.25. The molecule has 0 radical (unpaired) electrons. The van der Waals surface area contributed by atoms with E-state index in [0.29, 0.717) is 0 Å². The van der Waals surface area contributed by atoms with Gasteiger partial charge in [-0.2, -0.15) is 0 Å². The maximum atomic E-state index is 8.25. The molecule has 0 rings (SSSR count). The molecule has 86 valence electrons. The van der Waals surface area contributed by atoms with Gasteiger partial charge in [-0.1, -0.05) is 27.2 Å². The highest BCUT2D eigenvalue weighted by atomic mass is 16.9. The van der Waals surface area contributed by atoms with Gasteiger partial charge in [0.15, 0.2) is 0 Å². The molecule has 0 amide bonds. The second-order valence-electron chi connectivity index (χ2n) is 3.63. The second kappa shape index (κ2) is 12.2. The van der Waals surface area contributed by atoms with E-state index >= 15 is 0 Å². The number of hydrogen-bond acceptors (Lipinski definition) is 3. The standard InChI is InChI=1S/C9H21N.NO3/c1-4-5-7-10-8-6-9(2)3;2-1(3)4/h9-10H,4-8H2,1-3H3;/q;-1/p+1. The SMILES string of the molecule is CCCC[NH2+]CCC(C)C.O=[N+]([O-])[O-]. The van der Waals surface area contributed by atoms with Crippen molar-refractivity contribution in [2.24, 2.45) is 5.92 Å². The third-order valence-corrected chi connectivity index (χ3v) is 1.71. The van der Waals surface area contributed by atoms with Crippen molar-refractivity contribution in [1.29, 1.82) is 0 Å². The first-order valence-electron chi connectivity index (χ1n) is 5.13. The molecule has 0 aromatic rings. The summed E-state index contributed by atoms with van der Waals surface area (Å²) < 4.78 is 0. The van der Waals surface area contributed by atoms with Gasteiger partial charge in [0.2, 0.25) is 0 Å². The van der Waals surface area contributed by atoms with Crippen LogP contribution < -0.4 is 5.32 Å². The monoisotopic (exact) mass is 206 g/mol. The van der Waals surface area contributed by atoms with E-state index in [9.17, 15) is 0 Å². The largest absolute Gasteiger partial charge is 0.356 e. The van der Waals surface area contributed by atoms with Gasteiger partial charge in [0, 0.05) is 0 Å². The van der Waals surface area contributed by atoms with Crippen LogP contribution in [0.5, 0.6) is 0 Å². The summed E-state index contributed by atoms with van der Waals surface area (Å²) in [5, 5.41) is 17.2. The fraction of sp³-hybridized carbons (Fsp3) is 1.00. The molecule has 0 heterocycles. The van der Waals surface area contributed by atoms with Gasteiger partial charge >= 0.3 is 0 Å². The maximum Gasteiger partial charge on any atom is 0.0757 e. The van der Waals surface area contributed by atoms with Crippen molar-refractivity contribution in [1.82, 2.24) is 0 Å². The molecule has 0 aliphatic rings. The molecular weight excluding hydrogens is 184 g/mol. The minimum Gasteiger partial charge on any atom is -0.356 e. The lowest BCUT2D eigenvalue weighted by Crippen LogP contribution is -2.84. The first-order valence-corrected chi connectivity index (χ1v) is 5.13. The zero-order valence-corrected chi connectivity index (χ0v) is 9.36. The van der Waals surface area contributed by atoms with Crippen LogP contribution in [0.3, 0.4) is 0 Å². The average molecular weight is 206 g/mol. The second-order valence-corrected chi connectivity index (χ2v) is 3.63. The quantitative estimate of drug-likeness (QED) is 0.402. The van der Waals surface area contributed by atoms with Crippen LogP contribution in [0.25, 0.3) is 0 Å². The Kier molecular flexibility index (Phi) is 13.6. The molecule has 0 saturated heterocycles. The molecule has 5 heteroatoms. The lowest BCUT2D eigenvalue weighted by molar-refractivity contribution is -0.656. The predicted molar refractivity (Wildman–Crippen MR) is 56.4 cm³/mol. The zero-order chi connectivity index (χ0) is 11.4. The number of rotatable bonds is 6. The molecule has 0 unspecified atom stereocenters. The minimum atomic E-state index is -1.75. The molecule has 14 heavy (non-hydrogen) atoms. The highest BCUT2D eigenvalue weighted by Gasteiger charge is 1.94. The first-order chi connectivity index (χ1) is 6.50. The highest BCUT2D eigenvalue weighted by molar-refractivity contribution is 4.39. The van der Waals surface area contributed by atoms with Crippen LogP contribution >= 0.6 is 0 Å². The Balaban J connectivity index is 0. The van der Waals surface area contributed by atoms with Gasteiger partial charge < -0.3 is 20.6 Å². The number of nitrogens with zero attached hydrogens (tertiary/aromatic N) is 1. The fourth-order valence-corrected chi connectivity index (χ4v) is 0.944. The van der Waals surface area contributed by atoms with E-state index in [1.54, 1.807) is 0 Å². The Hall–Kier alpha value is -0.840. The van der Waals surface area contributed by atoms with E-state index in [1.807, 2.05) is 0 Å². The van der Waals surface area contributed by atoms with Gasteiger partial charge in [-0.3, -0.25) is 0 Å². The normalized spacial score (nSPS) is 9.43. The van der Waals surface area contributed by atoms with Crippen LogP contribution in [0.4, 0.5) is 0 Å². The molecule has 0 spiro atoms. The van der Waals surface area contributed by atoms with Gasteiger partial charge in [0.05, 0.1) is 18.2 Å². The summed E-state index contributed by atoms with van der Waals surface area (Å²) in [5.41, 5.74) is 0. The van der Waals surface area contributed by atoms with E-state index in [1.165, 1.54) is 32.4 Å². The van der Waals surface area contributed by atoms with Crippen molar-refractivity contribution in [2.45, 2.75) is 40.0 Å². The summed E-state index contributed by atoms with van der Waals surface area (Å²) in [6.45, 7) is 9.46. The van der Waals surface area contributed by atoms with Crippen molar-refractivity contribution in [3.8, 4) is 0 Å². The summed E-state index contributed by atoms with van der Waals surface area (Å²) >= 11 is 0. The lowest BCUT2D eigenvalue weighted by Gasteiger charge is -2.02. The first kappa shape index (κ1) is 15.6. The summed E-state index contributed by atoms with van der Waals surface area (Å²) in [7, 11) is 0. The number of nitrogens with two attached hydrogens (primary N) is 1. The molecule has 2 N–H and O–H groups in total. The Morgan fingerprint density at radius 2 is 1.79 bits per heavy atom. The average Bonchev–Trinajstić information content (AvgIpc) is 2.02. The Labute approximate surface area is 85.6 Å². The van der Waals surface area contributed by atoms with E-state index in [2.05, 4.69) is 26.1 Å². The van der Waals surface area contributed by atoms with Crippen molar-refractivity contribution in [3.05, 3.63) is 15.3 Å². The van der Waals surface area contributed by atoms with Crippen molar-refractivity contribution in [2.75, 3.05) is 13.1 Å². The summed E-state index contributed by atoms with van der Waals surface area (Å²) in [6, 6.07) is 0. The molecule has 5 nitrogen and oxygen atoms in total. The third kappa shape index (κ3) is 30.4. The van der Waals surface area contributed by atoms with Gasteiger partial charge in [-0.05, 0) is 18.8 Å². The smallest absolute Gasteiger partial charge is 0.0757 e. The molecular formula is C9H22N2O3. The molecule has 0 fully saturated rings. The fourth-order valence-electron chi connectivity index (χ4n) is 0.944. The lowest BCUT2D eigenvalue weighted by atomic mass is 10.1. The molecule has 0 aliphatic carbocycles. The number of quaternary nitrogens is 1. The predicted octanol–water partition coefficient (Wildman–Crippen LogP) is 1.16. The van der Waals surface area contributed by atoms with Gasteiger partial charge in [0.1, 0.15) is 0 Å². The van der Waals surface area contributed by atoms with Crippen LogP contribution in [0.2, 0.25) is 0 Å². The van der Waals surface area contributed by atoms with Crippen LogP contribution in [0.15, 0.2) is 0 Å². The zero-order valence-electron chi connectivity index (χ0n) is 9.36. The molecule has 0 aromatic carbocycles. The van der Waals surface area contributed by atoms with Crippen LogP contribution in [0.1, 0.15) is 40.0 Å². The summed E-state index contributed by atoms with van der Waals surface area (Å²) in [5.74, 6) is 0.873. The van der Waals surface area contributed by atoms with Crippen LogP contribution in [0, 0.1) is 21.2 Å². The minimum absolute atomic E-state index is 0.873. The van der Waals surface area contributed by atoms with E-state index in [0.717, 1.165) is 5.92 Å². The Bertz CT molecular complexity index is 125. The van der Waals surface area contributed by atoms with E-state index in [4.69, 9.17) is 15.3 Å². The topological polar surface area (TPSA) is 82.8 Å². The van der Waals surface area contributed by atoms with Crippen molar-refractivity contribution in [3.63, 3.8) is 0 Å². The number of unbranched alkanes of at least 4 members (excludes halogenated alkanes) is 1. The Morgan fingerprint density at radius 1 is 1.29 bits per heavy atom. The summed E-state index contributed by atoms with van der Waals surface area (Å²) in [4.78, 5) is 8.25. The highest BCUT2D eigenvalue weighted by Crippen LogP contribution is 1.93. The van der Waals surface area contributed by atoms with Crippen LogP contribution in [-0.2, 0) is 0 Å². The molecule has 0 aromatic heterocycles. The van der Waals surface area contributed by atoms with Gasteiger partial charge in [-0.15, -0.1) is 0 Å². The summed E-state index contributed by atoms with van der Waals surface area (Å²) in [6.07, 6.45) is 4.07. The van der Waals surface area contributed by atoms with E-state index < -0.39 is 5.09 Å². The van der Waals surface area contributed by atoms with Crippen molar-refractivity contribution >= 4 is 0 Å². The van der Waals surface area contributed by atoms with Gasteiger partial charge in [-0.25, -0.2) is 0 Å². The van der Waals surface area contributed by atoms with Gasteiger partial charge in [0.25, 0.3) is 0 Å². The Morgan fingerprint density at radius 3 is 2.14 bits per heavy atom. The van der Waals surface area contributed by atoms with Crippen LogP contribution in [-0.4, -0.2) is 18.2 Å². The number of hydrogen-bond donors (Lipinski definition) is 1. The molecule has 0 aliphatic heterocycles. The van der Waals surface area contributed by atoms with Crippen molar-refractivity contribution < 1.29 is 10.4 Å².